The summed E-state index contributed by atoms with van der Waals surface area (Å²) >= 11 is 3.58. The van der Waals surface area contributed by atoms with Crippen molar-refractivity contribution in [3.05, 3.63) is 28.0 Å². The Morgan fingerprint density at radius 3 is 2.94 bits per heavy atom. The Morgan fingerprint density at radius 1 is 1.29 bits per heavy atom. The van der Waals surface area contributed by atoms with Gasteiger partial charge in [-0.3, -0.25) is 0 Å². The highest BCUT2D eigenvalue weighted by molar-refractivity contribution is 9.10. The molecule has 0 aromatic carbocycles. The third kappa shape index (κ3) is 2.11. The molecule has 0 spiro atoms. The van der Waals surface area contributed by atoms with E-state index in [9.17, 15) is 0 Å². The molecule has 3 rings (SSSR count). The standard InChI is InChI=1S/C13H15BrN2O/c14-13-12(16-5-7-17-8-6-16)11-4-2-1-3-10(11)9-15-13/h2,4,9H,1,3,5-8H2. The summed E-state index contributed by atoms with van der Waals surface area (Å²) in [6.45, 7) is 3.51. The van der Waals surface area contributed by atoms with E-state index in [0.717, 1.165) is 43.7 Å². The number of hydrogen-bond donors (Lipinski definition) is 0. The van der Waals surface area contributed by atoms with Crippen LogP contribution in [-0.4, -0.2) is 31.3 Å². The lowest BCUT2D eigenvalue weighted by molar-refractivity contribution is 0.122. The molecular weight excluding hydrogens is 280 g/mol. The summed E-state index contributed by atoms with van der Waals surface area (Å²) in [4.78, 5) is 6.84. The lowest BCUT2D eigenvalue weighted by atomic mass is 9.98. The van der Waals surface area contributed by atoms with Gasteiger partial charge in [0.25, 0.3) is 0 Å². The Hall–Kier alpha value is -0.870. The third-order valence-corrected chi connectivity index (χ3v) is 3.90. The predicted molar refractivity (Wildman–Crippen MR) is 72.3 cm³/mol. The van der Waals surface area contributed by atoms with Crippen molar-refractivity contribution in [2.24, 2.45) is 0 Å². The van der Waals surface area contributed by atoms with Crippen molar-refractivity contribution in [2.45, 2.75) is 12.8 Å². The van der Waals surface area contributed by atoms with E-state index in [1.807, 2.05) is 6.20 Å². The van der Waals surface area contributed by atoms with Crippen molar-refractivity contribution in [1.29, 1.82) is 0 Å². The zero-order valence-corrected chi connectivity index (χ0v) is 11.2. The summed E-state index contributed by atoms with van der Waals surface area (Å²) in [5.41, 5.74) is 3.93. The average molecular weight is 295 g/mol. The van der Waals surface area contributed by atoms with Crippen molar-refractivity contribution in [3.63, 3.8) is 0 Å². The lowest BCUT2D eigenvalue weighted by Gasteiger charge is -2.31. The van der Waals surface area contributed by atoms with Crippen LogP contribution in [0.25, 0.3) is 6.08 Å². The van der Waals surface area contributed by atoms with Gasteiger partial charge in [0.05, 0.1) is 18.9 Å². The second-order valence-electron chi connectivity index (χ2n) is 4.38. The number of halogens is 1. The van der Waals surface area contributed by atoms with Gasteiger partial charge in [0.2, 0.25) is 0 Å². The number of aryl methyl sites for hydroxylation is 1. The van der Waals surface area contributed by atoms with Crippen molar-refractivity contribution < 1.29 is 4.74 Å². The van der Waals surface area contributed by atoms with Gasteiger partial charge in [-0.05, 0) is 34.3 Å². The van der Waals surface area contributed by atoms with Crippen LogP contribution >= 0.6 is 15.9 Å². The molecule has 0 atom stereocenters. The van der Waals surface area contributed by atoms with Gasteiger partial charge in [0, 0.05) is 24.8 Å². The molecular formula is C13H15BrN2O. The Bertz CT molecular complexity index is 453. The van der Waals surface area contributed by atoms with Gasteiger partial charge in [0.1, 0.15) is 4.60 Å². The maximum absolute atomic E-state index is 5.41. The zero-order valence-electron chi connectivity index (χ0n) is 9.66. The van der Waals surface area contributed by atoms with Crippen LogP contribution in [0.15, 0.2) is 16.9 Å². The van der Waals surface area contributed by atoms with Crippen molar-refractivity contribution in [3.8, 4) is 0 Å². The molecule has 1 aliphatic heterocycles. The molecule has 0 unspecified atom stereocenters. The van der Waals surface area contributed by atoms with Crippen molar-refractivity contribution in [1.82, 2.24) is 4.98 Å². The van der Waals surface area contributed by atoms with E-state index in [1.165, 1.54) is 16.8 Å². The summed E-state index contributed by atoms with van der Waals surface area (Å²) in [7, 11) is 0. The number of ether oxygens (including phenoxy) is 1. The minimum atomic E-state index is 0.805. The Morgan fingerprint density at radius 2 is 2.12 bits per heavy atom. The fourth-order valence-electron chi connectivity index (χ4n) is 2.44. The molecule has 0 radical (unpaired) electrons. The number of morpholine rings is 1. The zero-order chi connectivity index (χ0) is 11.7. The number of pyridine rings is 1. The van der Waals surface area contributed by atoms with Gasteiger partial charge in [-0.2, -0.15) is 0 Å². The maximum Gasteiger partial charge on any atom is 0.129 e. The summed E-state index contributed by atoms with van der Waals surface area (Å²) < 4.78 is 6.36. The van der Waals surface area contributed by atoms with Gasteiger partial charge in [-0.15, -0.1) is 0 Å². The van der Waals surface area contributed by atoms with E-state index >= 15 is 0 Å². The predicted octanol–water partition coefficient (Wildman–Crippen LogP) is 2.64. The minimum Gasteiger partial charge on any atom is -0.378 e. The van der Waals surface area contributed by atoms with Crippen LogP contribution in [0.5, 0.6) is 0 Å². The van der Waals surface area contributed by atoms with Crippen LogP contribution in [0.1, 0.15) is 17.5 Å². The number of rotatable bonds is 1. The summed E-state index contributed by atoms with van der Waals surface area (Å²) in [6.07, 6.45) is 8.70. The number of hydrogen-bond acceptors (Lipinski definition) is 3. The fourth-order valence-corrected chi connectivity index (χ4v) is 3.01. The van der Waals surface area contributed by atoms with Crippen LogP contribution in [0.3, 0.4) is 0 Å². The van der Waals surface area contributed by atoms with E-state index < -0.39 is 0 Å². The van der Waals surface area contributed by atoms with Crippen molar-refractivity contribution in [2.75, 3.05) is 31.2 Å². The highest BCUT2D eigenvalue weighted by Gasteiger charge is 2.20. The first-order valence-corrected chi connectivity index (χ1v) is 6.82. The minimum absolute atomic E-state index is 0.805. The molecule has 2 aliphatic rings. The molecule has 1 aliphatic carbocycles. The molecule has 4 heteroatoms. The SMILES string of the molecule is Brc1ncc2c(c1N1CCOCC1)C=CCC2. The molecule has 0 N–H and O–H groups in total. The van der Waals surface area contributed by atoms with E-state index in [1.54, 1.807) is 0 Å². The molecule has 17 heavy (non-hydrogen) atoms. The highest BCUT2D eigenvalue weighted by atomic mass is 79.9. The van der Waals surface area contributed by atoms with Crippen LogP contribution in [0.2, 0.25) is 0 Å². The molecule has 0 bridgehead atoms. The third-order valence-electron chi connectivity index (χ3n) is 3.32. The highest BCUT2D eigenvalue weighted by Crippen LogP contribution is 2.34. The number of allylic oxidation sites excluding steroid dienone is 1. The largest absolute Gasteiger partial charge is 0.378 e. The monoisotopic (exact) mass is 294 g/mol. The molecule has 1 saturated heterocycles. The van der Waals surface area contributed by atoms with Gasteiger partial charge in [-0.25, -0.2) is 4.98 Å². The molecule has 90 valence electrons. The maximum atomic E-state index is 5.41. The molecule has 1 aromatic rings. The second kappa shape index (κ2) is 4.78. The molecule has 0 saturated carbocycles. The van der Waals surface area contributed by atoms with E-state index in [2.05, 4.69) is 38.0 Å². The summed E-state index contributed by atoms with van der Waals surface area (Å²) in [5, 5.41) is 0. The Kier molecular flexibility index (Phi) is 3.16. The molecule has 1 aromatic heterocycles. The number of nitrogens with zero attached hydrogens (tertiary/aromatic N) is 2. The summed E-state index contributed by atoms with van der Waals surface area (Å²) in [5.74, 6) is 0. The van der Waals surface area contributed by atoms with Crippen LogP contribution in [0.4, 0.5) is 5.69 Å². The second-order valence-corrected chi connectivity index (χ2v) is 5.13. The van der Waals surface area contributed by atoms with Crippen LogP contribution in [0, 0.1) is 0 Å². The smallest absolute Gasteiger partial charge is 0.129 e. The van der Waals surface area contributed by atoms with Gasteiger partial charge in [-0.1, -0.05) is 12.2 Å². The summed E-state index contributed by atoms with van der Waals surface area (Å²) in [6, 6.07) is 0. The molecule has 1 fully saturated rings. The van der Waals surface area contributed by atoms with E-state index in [-0.39, 0.29) is 0 Å². The van der Waals surface area contributed by atoms with Crippen LogP contribution < -0.4 is 4.90 Å². The van der Waals surface area contributed by atoms with Gasteiger partial charge < -0.3 is 9.64 Å². The number of aromatic nitrogens is 1. The Balaban J connectivity index is 2.05. The first-order valence-electron chi connectivity index (χ1n) is 6.03. The molecule has 3 nitrogen and oxygen atoms in total. The molecule has 2 heterocycles. The van der Waals surface area contributed by atoms with Gasteiger partial charge >= 0.3 is 0 Å². The average Bonchev–Trinajstić information content (AvgIpc) is 2.39. The lowest BCUT2D eigenvalue weighted by Crippen LogP contribution is -2.37. The topological polar surface area (TPSA) is 25.4 Å². The first-order chi connectivity index (χ1) is 8.36. The number of fused-ring (bicyclic) bond motifs is 1. The normalized spacial score (nSPS) is 19.2. The van der Waals surface area contributed by atoms with Gasteiger partial charge in [0.15, 0.2) is 0 Å². The quantitative estimate of drug-likeness (QED) is 0.745. The number of anilines is 1. The Labute approximate surface area is 110 Å². The van der Waals surface area contributed by atoms with Crippen LogP contribution in [-0.2, 0) is 11.2 Å². The van der Waals surface area contributed by atoms with E-state index in [0.29, 0.717) is 0 Å². The van der Waals surface area contributed by atoms with Crippen molar-refractivity contribution >= 4 is 27.7 Å². The fraction of sp³-hybridized carbons (Fsp3) is 0.462. The molecule has 0 amide bonds. The van der Waals surface area contributed by atoms with E-state index in [4.69, 9.17) is 4.74 Å². The first kappa shape index (κ1) is 11.2.